The van der Waals surface area contributed by atoms with Crippen molar-refractivity contribution in [2.45, 2.75) is 70.0 Å². The predicted molar refractivity (Wildman–Crippen MR) is 80.5 cm³/mol. The van der Waals surface area contributed by atoms with Gasteiger partial charge >= 0.3 is 0 Å². The Kier molecular flexibility index (Phi) is 4.16. The Morgan fingerprint density at radius 3 is 2.05 bits per heavy atom. The van der Waals surface area contributed by atoms with E-state index in [0.29, 0.717) is 5.54 Å². The molecule has 3 saturated heterocycles. The molecule has 1 unspecified atom stereocenters. The number of hydrogen-bond donors (Lipinski definition) is 1. The van der Waals surface area contributed by atoms with Gasteiger partial charge < -0.3 is 10.2 Å². The molecule has 0 aliphatic carbocycles. The smallest absolute Gasteiger partial charge is 0.0238 e. The summed E-state index contributed by atoms with van der Waals surface area (Å²) in [6.45, 7) is 11.3. The summed E-state index contributed by atoms with van der Waals surface area (Å²) in [7, 11) is 0. The van der Waals surface area contributed by atoms with Crippen molar-refractivity contribution in [2.75, 3.05) is 32.7 Å². The van der Waals surface area contributed by atoms with E-state index in [9.17, 15) is 0 Å². The molecule has 19 heavy (non-hydrogen) atoms. The first-order valence-corrected chi connectivity index (χ1v) is 8.37. The van der Waals surface area contributed by atoms with E-state index in [1.807, 2.05) is 0 Å². The first kappa shape index (κ1) is 13.8. The maximum Gasteiger partial charge on any atom is 0.0238 e. The van der Waals surface area contributed by atoms with Crippen LogP contribution in [0.4, 0.5) is 0 Å². The minimum absolute atomic E-state index is 0.356. The van der Waals surface area contributed by atoms with Crippen molar-refractivity contribution in [2.24, 2.45) is 0 Å². The number of nitrogens with one attached hydrogen (secondary N) is 1. The van der Waals surface area contributed by atoms with Crippen LogP contribution >= 0.6 is 0 Å². The summed E-state index contributed by atoms with van der Waals surface area (Å²) in [6.07, 6.45) is 8.44. The van der Waals surface area contributed by atoms with Crippen LogP contribution in [0, 0.1) is 0 Å². The minimum atomic E-state index is 0.356. The Labute approximate surface area is 118 Å². The highest BCUT2D eigenvalue weighted by Gasteiger charge is 2.36. The molecule has 0 amide bonds. The second kappa shape index (κ2) is 5.71. The largest absolute Gasteiger partial charge is 0.310 e. The van der Waals surface area contributed by atoms with Gasteiger partial charge in [0.2, 0.25) is 0 Å². The molecule has 110 valence electrons. The average molecular weight is 265 g/mol. The zero-order chi connectivity index (χ0) is 13.3. The number of nitrogens with zero attached hydrogens (tertiary/aromatic N) is 2. The zero-order valence-electron chi connectivity index (χ0n) is 12.8. The van der Waals surface area contributed by atoms with E-state index in [1.54, 1.807) is 0 Å². The summed E-state index contributed by atoms with van der Waals surface area (Å²) in [5, 5.41) is 3.67. The van der Waals surface area contributed by atoms with E-state index in [1.165, 1.54) is 71.2 Å². The lowest BCUT2D eigenvalue weighted by Crippen LogP contribution is -2.49. The molecule has 1 atom stereocenters. The van der Waals surface area contributed by atoms with Crippen LogP contribution in [0.1, 0.15) is 52.4 Å². The van der Waals surface area contributed by atoms with Crippen LogP contribution in [-0.2, 0) is 0 Å². The van der Waals surface area contributed by atoms with Crippen molar-refractivity contribution >= 4 is 0 Å². The van der Waals surface area contributed by atoms with Crippen LogP contribution < -0.4 is 5.32 Å². The highest BCUT2D eigenvalue weighted by Crippen LogP contribution is 2.27. The van der Waals surface area contributed by atoms with Crippen molar-refractivity contribution in [3.8, 4) is 0 Å². The van der Waals surface area contributed by atoms with E-state index >= 15 is 0 Å². The molecule has 0 spiro atoms. The molecule has 0 saturated carbocycles. The summed E-state index contributed by atoms with van der Waals surface area (Å²) in [4.78, 5) is 5.53. The molecular formula is C16H31N3. The van der Waals surface area contributed by atoms with Gasteiger partial charge in [-0.25, -0.2) is 0 Å². The molecule has 0 aromatic rings. The van der Waals surface area contributed by atoms with E-state index in [-0.39, 0.29) is 0 Å². The third-order valence-corrected chi connectivity index (χ3v) is 5.48. The van der Waals surface area contributed by atoms with Crippen molar-refractivity contribution in [3.63, 3.8) is 0 Å². The van der Waals surface area contributed by atoms with Crippen LogP contribution in [0.3, 0.4) is 0 Å². The van der Waals surface area contributed by atoms with Crippen molar-refractivity contribution in [1.82, 2.24) is 15.1 Å². The molecule has 3 aliphatic rings. The van der Waals surface area contributed by atoms with Crippen molar-refractivity contribution in [1.29, 1.82) is 0 Å². The van der Waals surface area contributed by atoms with Crippen LogP contribution in [0.25, 0.3) is 0 Å². The molecule has 3 heteroatoms. The van der Waals surface area contributed by atoms with Gasteiger partial charge in [0.05, 0.1) is 0 Å². The summed E-state index contributed by atoms with van der Waals surface area (Å²) in [6, 6.07) is 1.68. The lowest BCUT2D eigenvalue weighted by atomic mass is 9.96. The molecule has 3 nitrogen and oxygen atoms in total. The first-order valence-electron chi connectivity index (χ1n) is 8.37. The first-order chi connectivity index (χ1) is 9.14. The number of likely N-dealkylation sites (tertiary alicyclic amines) is 2. The zero-order valence-corrected chi connectivity index (χ0v) is 12.8. The van der Waals surface area contributed by atoms with Gasteiger partial charge in [-0.05, 0) is 72.1 Å². The summed E-state index contributed by atoms with van der Waals surface area (Å²) >= 11 is 0. The van der Waals surface area contributed by atoms with E-state index in [0.717, 1.165) is 12.1 Å². The fraction of sp³-hybridized carbons (Fsp3) is 1.00. The van der Waals surface area contributed by atoms with Crippen LogP contribution in [0.15, 0.2) is 0 Å². The maximum absolute atomic E-state index is 3.67. The molecule has 3 heterocycles. The minimum Gasteiger partial charge on any atom is -0.310 e. The van der Waals surface area contributed by atoms with Gasteiger partial charge in [0.15, 0.2) is 0 Å². The normalized spacial score (nSPS) is 34.7. The predicted octanol–water partition coefficient (Wildman–Crippen LogP) is 2.08. The topological polar surface area (TPSA) is 18.5 Å². The standard InChI is InChI=1S/C16H31N3/c1-16(2)12-15(13-17-16)19-10-6-14(7-11-19)18-8-4-3-5-9-18/h14-15,17H,3-13H2,1-2H3. The third kappa shape index (κ3) is 3.32. The van der Waals surface area contributed by atoms with Crippen LogP contribution in [-0.4, -0.2) is 60.1 Å². The molecule has 1 N–H and O–H groups in total. The quantitative estimate of drug-likeness (QED) is 0.825. The average Bonchev–Trinajstić information content (AvgIpc) is 2.80. The van der Waals surface area contributed by atoms with Gasteiger partial charge in [0.1, 0.15) is 0 Å². The summed E-state index contributed by atoms with van der Waals surface area (Å²) in [5.74, 6) is 0. The maximum atomic E-state index is 3.67. The highest BCUT2D eigenvalue weighted by atomic mass is 15.2. The summed E-state index contributed by atoms with van der Waals surface area (Å²) < 4.78 is 0. The van der Waals surface area contributed by atoms with Gasteiger partial charge in [-0.3, -0.25) is 4.90 Å². The van der Waals surface area contributed by atoms with Crippen molar-refractivity contribution < 1.29 is 0 Å². The monoisotopic (exact) mass is 265 g/mol. The van der Waals surface area contributed by atoms with Gasteiger partial charge in [0.25, 0.3) is 0 Å². The number of rotatable bonds is 2. The summed E-state index contributed by atoms with van der Waals surface area (Å²) in [5.41, 5.74) is 0.356. The SMILES string of the molecule is CC1(C)CC(N2CCC(N3CCCCC3)CC2)CN1. The van der Waals surface area contributed by atoms with Gasteiger partial charge in [-0.2, -0.15) is 0 Å². The lowest BCUT2D eigenvalue weighted by molar-refractivity contribution is 0.0749. The molecule has 0 aromatic carbocycles. The van der Waals surface area contributed by atoms with E-state index in [2.05, 4.69) is 29.0 Å². The second-order valence-electron chi connectivity index (χ2n) is 7.49. The fourth-order valence-electron chi connectivity index (χ4n) is 4.29. The van der Waals surface area contributed by atoms with E-state index < -0.39 is 0 Å². The molecule has 0 aromatic heterocycles. The Morgan fingerprint density at radius 1 is 0.842 bits per heavy atom. The molecule has 3 aliphatic heterocycles. The fourth-order valence-corrected chi connectivity index (χ4v) is 4.29. The van der Waals surface area contributed by atoms with Gasteiger partial charge in [0, 0.05) is 24.2 Å². The Balaban J connectivity index is 1.47. The molecule has 3 fully saturated rings. The molecule has 0 radical (unpaired) electrons. The van der Waals surface area contributed by atoms with Crippen LogP contribution in [0.5, 0.6) is 0 Å². The second-order valence-corrected chi connectivity index (χ2v) is 7.49. The highest BCUT2D eigenvalue weighted by molar-refractivity contribution is 4.96. The van der Waals surface area contributed by atoms with Gasteiger partial charge in [-0.1, -0.05) is 6.42 Å². The van der Waals surface area contributed by atoms with Gasteiger partial charge in [-0.15, -0.1) is 0 Å². The van der Waals surface area contributed by atoms with Crippen LogP contribution in [0.2, 0.25) is 0 Å². The third-order valence-electron chi connectivity index (χ3n) is 5.48. The number of hydrogen-bond acceptors (Lipinski definition) is 3. The Morgan fingerprint density at radius 2 is 1.47 bits per heavy atom. The number of piperidine rings is 2. The molecule has 0 bridgehead atoms. The Hall–Kier alpha value is -0.120. The lowest BCUT2D eigenvalue weighted by Gasteiger charge is -2.42. The van der Waals surface area contributed by atoms with E-state index in [4.69, 9.17) is 0 Å². The molecular weight excluding hydrogens is 234 g/mol. The Bertz CT molecular complexity index is 288. The van der Waals surface area contributed by atoms with Crippen molar-refractivity contribution in [3.05, 3.63) is 0 Å². The molecule has 3 rings (SSSR count).